The van der Waals surface area contributed by atoms with E-state index in [1.54, 1.807) is 12.1 Å². The van der Waals surface area contributed by atoms with Crippen LogP contribution in [0.5, 0.6) is 0 Å². The predicted octanol–water partition coefficient (Wildman–Crippen LogP) is 9.71. The average Bonchev–Trinajstić information content (AvgIpc) is 4.24. The second-order valence-electron chi connectivity index (χ2n) is 15.0. The van der Waals surface area contributed by atoms with Gasteiger partial charge in [0.2, 0.25) is 0 Å². The summed E-state index contributed by atoms with van der Waals surface area (Å²) in [7, 11) is 3.86. The normalized spacial score (nSPS) is 13.1. The van der Waals surface area contributed by atoms with Crippen LogP contribution in [-0.4, -0.2) is 74.0 Å². The number of aromatic nitrogens is 12. The summed E-state index contributed by atoms with van der Waals surface area (Å²) in [4.78, 5) is 35.3. The smallest absolute Gasteiger partial charge is 0.510 e. The summed E-state index contributed by atoms with van der Waals surface area (Å²) < 4.78 is 175. The van der Waals surface area contributed by atoms with Crippen LogP contribution in [0.3, 0.4) is 0 Å². The third-order valence-electron chi connectivity index (χ3n) is 9.31. The third-order valence-corrected chi connectivity index (χ3v) is 9.31. The minimum atomic E-state index is -4.75. The van der Waals surface area contributed by atoms with Crippen molar-refractivity contribution in [1.29, 1.82) is 0 Å². The van der Waals surface area contributed by atoms with Crippen LogP contribution in [0.15, 0.2) is 116 Å². The molecule has 78 heavy (non-hydrogen) atoms. The molecule has 0 aliphatic carbocycles. The molecule has 2 aromatic carbocycles. The molecular formula is C46H27F14Ir2N16-4. The van der Waals surface area contributed by atoms with Crippen molar-refractivity contribution in [3.05, 3.63) is 183 Å². The Kier molecular flexibility index (Phi) is 20.0. The maximum atomic E-state index is 12.6. The van der Waals surface area contributed by atoms with Gasteiger partial charge in [0.05, 0.1) is 17.0 Å². The van der Waals surface area contributed by atoms with Crippen molar-refractivity contribution >= 4 is 11.4 Å². The Bertz CT molecular complexity index is 3020. The second-order valence-corrected chi connectivity index (χ2v) is 15.0. The van der Waals surface area contributed by atoms with Crippen molar-refractivity contribution in [3.63, 3.8) is 0 Å². The predicted molar refractivity (Wildman–Crippen MR) is 236 cm³/mol. The van der Waals surface area contributed by atoms with Crippen molar-refractivity contribution in [2.45, 2.75) is 24.7 Å². The molecule has 16 nitrogen and oxygen atoms in total. The average molecular weight is 1450 g/mol. The van der Waals surface area contributed by atoms with Gasteiger partial charge in [-0.1, -0.05) is 30.0 Å². The van der Waals surface area contributed by atoms with Gasteiger partial charge in [-0.3, -0.25) is 24.0 Å². The van der Waals surface area contributed by atoms with Gasteiger partial charge in [-0.2, -0.15) is 78.2 Å². The van der Waals surface area contributed by atoms with Crippen molar-refractivity contribution in [2.75, 3.05) is 23.9 Å². The van der Waals surface area contributed by atoms with E-state index in [9.17, 15) is 61.5 Å². The first-order valence-corrected chi connectivity index (χ1v) is 20.8. The molecule has 2 aliphatic heterocycles. The van der Waals surface area contributed by atoms with E-state index >= 15 is 0 Å². The third kappa shape index (κ3) is 16.6. The van der Waals surface area contributed by atoms with Gasteiger partial charge in [0, 0.05) is 44.1 Å². The Morgan fingerprint density at radius 1 is 0.500 bits per heavy atom. The molecule has 32 heteroatoms. The van der Waals surface area contributed by atoms with Gasteiger partial charge >= 0.3 is 44.8 Å². The number of alkyl halides is 12. The number of halogens is 14. The number of hydrogen-bond acceptors (Lipinski definition) is 14. The molecule has 10 rings (SSSR count). The molecule has 0 atom stereocenters. The number of rotatable bonds is 6. The van der Waals surface area contributed by atoms with Crippen molar-refractivity contribution in [3.8, 4) is 45.8 Å². The molecule has 8 aromatic rings. The zero-order valence-electron chi connectivity index (χ0n) is 38.7. The summed E-state index contributed by atoms with van der Waals surface area (Å²) >= 11 is 0. The number of benzene rings is 2. The van der Waals surface area contributed by atoms with Crippen LogP contribution in [0.2, 0.25) is 0 Å². The van der Waals surface area contributed by atoms with Crippen LogP contribution < -0.4 is 20.0 Å². The standard InChI is InChI=1S/C13H5F6N6.C13H4F6N6.2C10H9FN2.2Ir/c14-12(15,16)6-4-20-9(21-5-6)7-2-1-3-8(22-7)10-23-11(25-24-10)13(17,18)19;14-12(15,16)10-20-4-6(5-21-10)7-2-1-3-8(22-7)9-23-11(25-24-9)13(17,18)19;2*1-12-6-7-13(8-12)10-4-2-9(11)3-5-10;;/h1-5H;1-4H;2*2-4,6-8H,1H3;;/q-1;3*-2;;+3. The topological polar surface area (TPSA) is 170 Å². The summed E-state index contributed by atoms with van der Waals surface area (Å²) in [5.41, 5.74) is 0.687. The largest absolute Gasteiger partial charge is 3.00 e. The van der Waals surface area contributed by atoms with Gasteiger partial charge in [0.25, 0.3) is 0 Å². The Morgan fingerprint density at radius 3 is 1.29 bits per heavy atom. The second kappa shape index (κ2) is 25.6. The van der Waals surface area contributed by atoms with E-state index in [0.717, 1.165) is 17.6 Å². The molecule has 0 spiro atoms. The number of anilines is 2. The minimum Gasteiger partial charge on any atom is -0.510 e. The first-order valence-electron chi connectivity index (χ1n) is 20.8. The van der Waals surface area contributed by atoms with E-state index < -0.39 is 47.7 Å². The molecule has 0 fully saturated rings. The quantitative estimate of drug-likeness (QED) is 0.114. The molecule has 411 valence electrons. The Balaban J connectivity index is 0.000000198. The molecule has 0 bridgehead atoms. The maximum Gasteiger partial charge on any atom is 3.00 e. The zero-order valence-corrected chi connectivity index (χ0v) is 43.5. The van der Waals surface area contributed by atoms with Gasteiger partial charge < -0.3 is 49.7 Å². The molecule has 0 amide bonds. The first-order chi connectivity index (χ1) is 35.8. The fourth-order valence-corrected chi connectivity index (χ4v) is 5.79. The Labute approximate surface area is 458 Å². The van der Waals surface area contributed by atoms with Crippen LogP contribution in [0.1, 0.15) is 23.0 Å². The molecule has 0 saturated carbocycles. The van der Waals surface area contributed by atoms with Crippen LogP contribution >= 0.6 is 0 Å². The Morgan fingerprint density at radius 2 is 0.936 bits per heavy atom. The summed E-state index contributed by atoms with van der Waals surface area (Å²) in [6, 6.07) is 22.8. The molecule has 1 radical (unpaired) electrons. The molecule has 0 saturated heterocycles. The van der Waals surface area contributed by atoms with Gasteiger partial charge in [-0.05, 0) is 80.6 Å². The van der Waals surface area contributed by atoms with Crippen LogP contribution in [-0.2, 0) is 64.9 Å². The molecule has 0 unspecified atom stereocenters. The van der Waals surface area contributed by atoms with Crippen molar-refractivity contribution in [1.82, 2.24) is 70.1 Å². The monoisotopic (exact) mass is 1460 g/mol. The molecular weight excluding hydrogens is 1430 g/mol. The summed E-state index contributed by atoms with van der Waals surface area (Å²) in [6.07, 6.45) is -7.04. The SMILES string of the molecule is CN1C=CN(c2[c-]cc(F)cc2)[CH-]1.CN1C=CN(c2[c-]cc(F)cc2)[CH-]1.FC(F)(F)c1cnc(-c2cccc(-c3nc(C(F)(F)F)n[n-]3)n2)nc1.FC(F)(F)c1n[c-]c(-c2cccc(-c3nc(C(F)(F)F)n[n-]3)n2)cn1.[Ir+3].[Ir]. The van der Waals surface area contributed by atoms with Crippen molar-refractivity contribution in [2.24, 2.45) is 0 Å². The van der Waals surface area contributed by atoms with E-state index in [0.29, 0.717) is 12.4 Å². The van der Waals surface area contributed by atoms with E-state index in [-0.39, 0.29) is 97.7 Å². The summed E-state index contributed by atoms with van der Waals surface area (Å²) in [6.45, 7) is 3.79. The van der Waals surface area contributed by atoms with E-state index in [2.05, 4.69) is 78.6 Å². The summed E-state index contributed by atoms with van der Waals surface area (Å²) in [5, 5.41) is 12.4. The number of pyridine rings is 2. The molecule has 2 aliphatic rings. The number of nitrogens with zero attached hydrogens (tertiary/aromatic N) is 16. The minimum absolute atomic E-state index is 0. The van der Waals surface area contributed by atoms with E-state index in [4.69, 9.17) is 0 Å². The summed E-state index contributed by atoms with van der Waals surface area (Å²) in [5.74, 6) is -5.61. The fraction of sp³-hybridized carbons (Fsp3) is 0.130. The van der Waals surface area contributed by atoms with Crippen LogP contribution in [0.25, 0.3) is 45.8 Å². The van der Waals surface area contributed by atoms with Crippen LogP contribution in [0.4, 0.5) is 72.8 Å². The van der Waals surface area contributed by atoms with E-state index in [1.165, 1.54) is 60.7 Å². The van der Waals surface area contributed by atoms with Gasteiger partial charge in [-0.25, -0.2) is 15.0 Å². The molecule has 6 aromatic heterocycles. The van der Waals surface area contributed by atoms with Gasteiger partial charge in [0.1, 0.15) is 23.2 Å². The van der Waals surface area contributed by atoms with Gasteiger partial charge in [0.15, 0.2) is 5.82 Å². The van der Waals surface area contributed by atoms with Gasteiger partial charge in [-0.15, -0.1) is 47.8 Å². The Hall–Kier alpha value is -7.82. The number of hydrogen-bond donors (Lipinski definition) is 0. The molecule has 0 N–H and O–H groups in total. The molecule has 8 heterocycles. The first kappa shape index (κ1) is 61.0. The fourth-order valence-electron chi connectivity index (χ4n) is 5.79. The van der Waals surface area contributed by atoms with Crippen LogP contribution in [0, 0.1) is 43.3 Å². The zero-order chi connectivity index (χ0) is 55.0. The van der Waals surface area contributed by atoms with E-state index in [1.807, 2.05) is 71.8 Å². The van der Waals surface area contributed by atoms with Crippen molar-refractivity contribution < 1.29 is 102 Å². The maximum absolute atomic E-state index is 12.6.